The smallest absolute Gasteiger partial charge is 0.161 e. The fourth-order valence-electron chi connectivity index (χ4n) is 2.08. The van der Waals surface area contributed by atoms with Gasteiger partial charge in [0.1, 0.15) is 11.1 Å². The van der Waals surface area contributed by atoms with Crippen LogP contribution in [0.4, 0.5) is 0 Å². The predicted molar refractivity (Wildman–Crippen MR) is 87.8 cm³/mol. The molecule has 0 spiro atoms. The summed E-state index contributed by atoms with van der Waals surface area (Å²) >= 11 is 1.48. The molecule has 3 aromatic rings. The molecule has 0 fully saturated rings. The summed E-state index contributed by atoms with van der Waals surface area (Å²) in [4.78, 5) is 4.49. The van der Waals surface area contributed by atoms with Gasteiger partial charge in [-0.3, -0.25) is 0 Å². The van der Waals surface area contributed by atoms with Gasteiger partial charge in [-0.15, -0.1) is 11.3 Å². The summed E-state index contributed by atoms with van der Waals surface area (Å²) < 4.78 is 6.12. The predicted octanol–water partition coefficient (Wildman–Crippen LogP) is 4.07. The molecule has 1 aromatic heterocycles. The van der Waals surface area contributed by atoms with Crippen molar-refractivity contribution in [3.63, 3.8) is 0 Å². The summed E-state index contributed by atoms with van der Waals surface area (Å²) in [6.45, 7) is 0. The summed E-state index contributed by atoms with van der Waals surface area (Å²) in [5.74, 6) is 0.438. The van der Waals surface area contributed by atoms with Gasteiger partial charge in [-0.05, 0) is 35.9 Å². The van der Waals surface area contributed by atoms with Crippen LogP contribution in [0.15, 0.2) is 42.5 Å². The molecule has 1 heterocycles. The molecular weight excluding hydrogens is 296 g/mol. The second kappa shape index (κ2) is 5.88. The monoisotopic (exact) mass is 308 g/mol. The number of fused-ring (bicyclic) bond motifs is 1. The minimum absolute atomic E-state index is 0.0677. The van der Waals surface area contributed by atoms with Crippen LogP contribution < -0.4 is 4.74 Å². The summed E-state index contributed by atoms with van der Waals surface area (Å²) in [5.41, 5.74) is 2.13. The zero-order valence-corrected chi connectivity index (χ0v) is 12.6. The van der Waals surface area contributed by atoms with E-state index in [0.717, 1.165) is 15.8 Å². The lowest BCUT2D eigenvalue weighted by Crippen LogP contribution is -1.85. The molecule has 4 nitrogen and oxygen atoms in total. The van der Waals surface area contributed by atoms with Crippen molar-refractivity contribution in [3.8, 4) is 17.6 Å². The maximum Gasteiger partial charge on any atom is 0.161 e. The summed E-state index contributed by atoms with van der Waals surface area (Å²) in [5, 5.41) is 19.7. The zero-order chi connectivity index (χ0) is 15.5. The maximum atomic E-state index is 9.62. The number of rotatable bonds is 3. The van der Waals surface area contributed by atoms with Crippen LogP contribution in [0, 0.1) is 11.3 Å². The quantitative estimate of drug-likeness (QED) is 0.741. The zero-order valence-electron chi connectivity index (χ0n) is 11.8. The van der Waals surface area contributed by atoms with Gasteiger partial charge in [0.15, 0.2) is 11.5 Å². The Hall–Kier alpha value is -2.84. The number of hydrogen-bond donors (Lipinski definition) is 1. The minimum atomic E-state index is 0.0677. The van der Waals surface area contributed by atoms with Crippen molar-refractivity contribution >= 4 is 33.2 Å². The Bertz CT molecular complexity index is 873. The number of phenolic OH excluding ortho intramolecular Hbond substituents is 1. The SMILES string of the molecule is COc1cc(/C=C(/C#N)c2nc3ccccc3s2)ccc1O. The van der Waals surface area contributed by atoms with Crippen molar-refractivity contribution < 1.29 is 9.84 Å². The lowest BCUT2D eigenvalue weighted by atomic mass is 10.1. The van der Waals surface area contributed by atoms with Crippen LogP contribution in [0.25, 0.3) is 21.9 Å². The second-order valence-electron chi connectivity index (χ2n) is 4.59. The first-order valence-corrected chi connectivity index (χ1v) is 7.37. The molecular formula is C17H12N2O2S. The highest BCUT2D eigenvalue weighted by Gasteiger charge is 2.09. The minimum Gasteiger partial charge on any atom is -0.504 e. The molecule has 2 aromatic carbocycles. The molecule has 0 bridgehead atoms. The van der Waals surface area contributed by atoms with Crippen LogP contribution in [-0.2, 0) is 0 Å². The van der Waals surface area contributed by atoms with Crippen LogP contribution in [-0.4, -0.2) is 17.2 Å². The van der Waals surface area contributed by atoms with E-state index in [1.807, 2.05) is 24.3 Å². The number of para-hydroxylation sites is 1. The first kappa shape index (κ1) is 14.1. The molecule has 3 rings (SSSR count). The molecule has 108 valence electrons. The van der Waals surface area contributed by atoms with Gasteiger partial charge in [0.2, 0.25) is 0 Å². The number of thiazole rings is 1. The highest BCUT2D eigenvalue weighted by atomic mass is 32.1. The Morgan fingerprint density at radius 2 is 2.14 bits per heavy atom. The molecule has 0 atom stereocenters. The molecule has 5 heteroatoms. The highest BCUT2D eigenvalue weighted by Crippen LogP contribution is 2.30. The van der Waals surface area contributed by atoms with Gasteiger partial charge in [-0.2, -0.15) is 5.26 Å². The number of nitriles is 1. The lowest BCUT2D eigenvalue weighted by Gasteiger charge is -2.04. The van der Waals surface area contributed by atoms with E-state index in [-0.39, 0.29) is 5.75 Å². The van der Waals surface area contributed by atoms with Gasteiger partial charge in [-0.1, -0.05) is 18.2 Å². The van der Waals surface area contributed by atoms with Crippen LogP contribution >= 0.6 is 11.3 Å². The molecule has 0 saturated carbocycles. The third-order valence-electron chi connectivity index (χ3n) is 3.16. The number of aromatic nitrogens is 1. The number of benzene rings is 2. The fraction of sp³-hybridized carbons (Fsp3) is 0.0588. The summed E-state index contributed by atoms with van der Waals surface area (Å²) in [6.07, 6.45) is 1.74. The number of hydrogen-bond acceptors (Lipinski definition) is 5. The summed E-state index contributed by atoms with van der Waals surface area (Å²) in [7, 11) is 1.49. The van der Waals surface area contributed by atoms with Crippen molar-refractivity contribution in [1.29, 1.82) is 5.26 Å². The molecule has 0 aliphatic carbocycles. The molecule has 0 amide bonds. The molecule has 0 aliphatic heterocycles. The third kappa shape index (κ3) is 2.65. The van der Waals surface area contributed by atoms with E-state index in [2.05, 4.69) is 11.1 Å². The van der Waals surface area contributed by atoms with E-state index in [9.17, 15) is 10.4 Å². The number of phenols is 1. The number of nitrogens with zero attached hydrogens (tertiary/aromatic N) is 2. The number of allylic oxidation sites excluding steroid dienone is 1. The van der Waals surface area contributed by atoms with Gasteiger partial charge >= 0.3 is 0 Å². The number of methoxy groups -OCH3 is 1. The highest BCUT2D eigenvalue weighted by molar-refractivity contribution is 7.19. The Kier molecular flexibility index (Phi) is 3.77. The maximum absolute atomic E-state index is 9.62. The standard InChI is InChI=1S/C17H12N2O2S/c1-21-15-9-11(6-7-14(15)20)8-12(10-18)17-19-13-4-2-3-5-16(13)22-17/h2-9,20H,1H3/b12-8-. The van der Waals surface area contributed by atoms with Crippen molar-refractivity contribution in [1.82, 2.24) is 4.98 Å². The third-order valence-corrected chi connectivity index (χ3v) is 4.23. The van der Waals surface area contributed by atoms with E-state index in [1.54, 1.807) is 18.2 Å². The van der Waals surface area contributed by atoms with Crippen LogP contribution in [0.2, 0.25) is 0 Å². The Balaban J connectivity index is 2.05. The first-order valence-electron chi connectivity index (χ1n) is 6.56. The molecule has 22 heavy (non-hydrogen) atoms. The van der Waals surface area contributed by atoms with E-state index in [1.165, 1.54) is 24.5 Å². The van der Waals surface area contributed by atoms with E-state index >= 15 is 0 Å². The second-order valence-corrected chi connectivity index (χ2v) is 5.62. The van der Waals surface area contributed by atoms with Gasteiger partial charge in [-0.25, -0.2) is 4.98 Å². The molecule has 0 saturated heterocycles. The van der Waals surface area contributed by atoms with E-state index in [0.29, 0.717) is 16.3 Å². The topological polar surface area (TPSA) is 66.1 Å². The van der Waals surface area contributed by atoms with Crippen molar-refractivity contribution in [2.45, 2.75) is 0 Å². The normalized spacial score (nSPS) is 11.4. The average Bonchev–Trinajstić information content (AvgIpc) is 2.97. The first-order chi connectivity index (χ1) is 10.7. The molecule has 1 N–H and O–H groups in total. The Morgan fingerprint density at radius 1 is 1.32 bits per heavy atom. The number of aromatic hydroxyl groups is 1. The average molecular weight is 308 g/mol. The van der Waals surface area contributed by atoms with Gasteiger partial charge in [0.25, 0.3) is 0 Å². The van der Waals surface area contributed by atoms with Crippen molar-refractivity contribution in [3.05, 3.63) is 53.0 Å². The molecule has 0 radical (unpaired) electrons. The fourth-order valence-corrected chi connectivity index (χ4v) is 3.01. The van der Waals surface area contributed by atoms with Crippen molar-refractivity contribution in [2.75, 3.05) is 7.11 Å². The Labute approximate surface area is 131 Å². The van der Waals surface area contributed by atoms with Crippen molar-refractivity contribution in [2.24, 2.45) is 0 Å². The van der Waals surface area contributed by atoms with Gasteiger partial charge in [0.05, 0.1) is 22.9 Å². The molecule has 0 unspecified atom stereocenters. The summed E-state index contributed by atoms with van der Waals surface area (Å²) in [6, 6.07) is 14.9. The van der Waals surface area contributed by atoms with Crippen LogP contribution in [0.3, 0.4) is 0 Å². The van der Waals surface area contributed by atoms with E-state index in [4.69, 9.17) is 4.74 Å². The van der Waals surface area contributed by atoms with Crippen LogP contribution in [0.5, 0.6) is 11.5 Å². The number of ether oxygens (including phenoxy) is 1. The lowest BCUT2D eigenvalue weighted by molar-refractivity contribution is 0.373. The molecule has 0 aliphatic rings. The van der Waals surface area contributed by atoms with Crippen LogP contribution in [0.1, 0.15) is 10.6 Å². The van der Waals surface area contributed by atoms with Gasteiger partial charge < -0.3 is 9.84 Å². The van der Waals surface area contributed by atoms with E-state index < -0.39 is 0 Å². The largest absolute Gasteiger partial charge is 0.504 e. The van der Waals surface area contributed by atoms with Gasteiger partial charge in [0, 0.05) is 0 Å². The Morgan fingerprint density at radius 3 is 2.86 bits per heavy atom.